The average molecular weight is 205 g/mol. The molecule has 82 valence electrons. The quantitative estimate of drug-likeness (QED) is 0.584. The Hall–Kier alpha value is -0.930. The van der Waals surface area contributed by atoms with E-state index in [-0.39, 0.29) is 6.04 Å². The van der Waals surface area contributed by atoms with Gasteiger partial charge in [0.25, 0.3) is 0 Å². The number of nitrogens with two attached hydrogens (primary N) is 1. The lowest BCUT2D eigenvalue weighted by molar-refractivity contribution is 0.259. The van der Waals surface area contributed by atoms with Crippen LogP contribution < -0.4 is 11.3 Å². The zero-order chi connectivity index (χ0) is 10.7. The second-order valence-corrected chi connectivity index (χ2v) is 4.46. The van der Waals surface area contributed by atoms with Crippen molar-refractivity contribution in [2.24, 2.45) is 11.8 Å². The van der Waals surface area contributed by atoms with Gasteiger partial charge in [0.1, 0.15) is 0 Å². The van der Waals surface area contributed by atoms with Crippen LogP contribution in [0.1, 0.15) is 43.0 Å². The molecule has 1 fully saturated rings. The fourth-order valence-corrected chi connectivity index (χ4v) is 2.18. The van der Waals surface area contributed by atoms with E-state index in [9.17, 15) is 0 Å². The Labute approximate surface area is 91.1 Å². The molecule has 1 saturated carbocycles. The molecule has 1 aliphatic rings. The van der Waals surface area contributed by atoms with Gasteiger partial charge < -0.3 is 0 Å². The molecule has 2 rings (SSSR count). The number of aromatic nitrogens is 1. The van der Waals surface area contributed by atoms with Gasteiger partial charge in [-0.05, 0) is 30.9 Å². The van der Waals surface area contributed by atoms with Crippen LogP contribution in [0.3, 0.4) is 0 Å². The lowest BCUT2D eigenvalue weighted by Crippen LogP contribution is -2.32. The Morgan fingerprint density at radius 1 is 1.60 bits per heavy atom. The van der Waals surface area contributed by atoms with E-state index in [2.05, 4.69) is 23.4 Å². The molecular weight excluding hydrogens is 186 g/mol. The number of hydrazine groups is 1. The van der Waals surface area contributed by atoms with Gasteiger partial charge in [0.2, 0.25) is 0 Å². The van der Waals surface area contributed by atoms with E-state index >= 15 is 0 Å². The highest BCUT2D eigenvalue weighted by Crippen LogP contribution is 2.34. The Bertz CT molecular complexity index is 320. The molecule has 3 heteroatoms. The maximum atomic E-state index is 5.61. The predicted molar refractivity (Wildman–Crippen MR) is 61.0 cm³/mol. The van der Waals surface area contributed by atoms with Gasteiger partial charge in [0, 0.05) is 6.20 Å². The largest absolute Gasteiger partial charge is 0.271 e. The number of hydrogen-bond acceptors (Lipinski definition) is 3. The lowest BCUT2D eigenvalue weighted by Gasteiger charge is -2.29. The molecule has 1 aliphatic carbocycles. The molecule has 0 saturated heterocycles. The summed E-state index contributed by atoms with van der Waals surface area (Å²) in [7, 11) is 0. The molecule has 1 unspecified atom stereocenters. The standard InChI is InChI=1S/C12H19N3/c1-9-4-3-7-14-12(9)11(15-13)8-10-5-2-6-10/h3-4,7,10-11,15H,2,5-6,8,13H2,1H3. The molecule has 0 spiro atoms. The molecule has 0 bridgehead atoms. The van der Waals surface area contributed by atoms with Crippen molar-refractivity contribution in [1.82, 2.24) is 10.4 Å². The van der Waals surface area contributed by atoms with Crippen LogP contribution in [0.2, 0.25) is 0 Å². The third-order valence-electron chi connectivity index (χ3n) is 3.37. The zero-order valence-electron chi connectivity index (χ0n) is 9.24. The van der Waals surface area contributed by atoms with E-state index in [0.717, 1.165) is 18.0 Å². The van der Waals surface area contributed by atoms with Crippen LogP contribution in [0.4, 0.5) is 0 Å². The van der Waals surface area contributed by atoms with Gasteiger partial charge in [-0.2, -0.15) is 0 Å². The fraction of sp³-hybridized carbons (Fsp3) is 0.583. The number of hydrogen-bond donors (Lipinski definition) is 2. The van der Waals surface area contributed by atoms with Gasteiger partial charge in [0.15, 0.2) is 0 Å². The molecule has 3 nitrogen and oxygen atoms in total. The van der Waals surface area contributed by atoms with Crippen molar-refractivity contribution in [2.45, 2.75) is 38.6 Å². The maximum Gasteiger partial charge on any atom is 0.0637 e. The fourth-order valence-electron chi connectivity index (χ4n) is 2.18. The minimum atomic E-state index is 0.219. The van der Waals surface area contributed by atoms with Crippen molar-refractivity contribution in [3.8, 4) is 0 Å². The lowest BCUT2D eigenvalue weighted by atomic mass is 9.80. The molecule has 1 aromatic rings. The summed E-state index contributed by atoms with van der Waals surface area (Å²) in [6.07, 6.45) is 7.04. The maximum absolute atomic E-state index is 5.61. The summed E-state index contributed by atoms with van der Waals surface area (Å²) in [4.78, 5) is 4.42. The average Bonchev–Trinajstić information content (AvgIpc) is 2.19. The first-order valence-electron chi connectivity index (χ1n) is 5.69. The molecular formula is C12H19N3. The molecule has 15 heavy (non-hydrogen) atoms. The summed E-state index contributed by atoms with van der Waals surface area (Å²) < 4.78 is 0. The van der Waals surface area contributed by atoms with Crippen molar-refractivity contribution < 1.29 is 0 Å². The first-order valence-corrected chi connectivity index (χ1v) is 5.69. The van der Waals surface area contributed by atoms with Gasteiger partial charge in [-0.15, -0.1) is 0 Å². The Kier molecular flexibility index (Phi) is 3.34. The minimum Gasteiger partial charge on any atom is -0.271 e. The smallest absolute Gasteiger partial charge is 0.0637 e. The van der Waals surface area contributed by atoms with E-state index in [1.807, 2.05) is 12.3 Å². The number of nitrogens with zero attached hydrogens (tertiary/aromatic N) is 1. The first-order chi connectivity index (χ1) is 7.31. The van der Waals surface area contributed by atoms with E-state index in [4.69, 9.17) is 5.84 Å². The van der Waals surface area contributed by atoms with Crippen LogP contribution in [-0.4, -0.2) is 4.98 Å². The molecule has 0 amide bonds. The topological polar surface area (TPSA) is 50.9 Å². The van der Waals surface area contributed by atoms with Gasteiger partial charge in [0.05, 0.1) is 11.7 Å². The highest BCUT2D eigenvalue weighted by molar-refractivity contribution is 5.21. The highest BCUT2D eigenvalue weighted by Gasteiger charge is 2.23. The highest BCUT2D eigenvalue weighted by atomic mass is 15.2. The number of nitrogens with one attached hydrogen (secondary N) is 1. The van der Waals surface area contributed by atoms with E-state index in [1.165, 1.54) is 24.8 Å². The third-order valence-corrected chi connectivity index (χ3v) is 3.37. The molecule has 1 atom stereocenters. The Morgan fingerprint density at radius 3 is 2.93 bits per heavy atom. The van der Waals surface area contributed by atoms with Crippen LogP contribution in [0.15, 0.2) is 18.3 Å². The van der Waals surface area contributed by atoms with E-state index in [1.54, 1.807) is 0 Å². The van der Waals surface area contributed by atoms with Crippen molar-refractivity contribution in [1.29, 1.82) is 0 Å². The van der Waals surface area contributed by atoms with Crippen LogP contribution in [-0.2, 0) is 0 Å². The predicted octanol–water partition coefficient (Wildman–Crippen LogP) is 2.08. The summed E-state index contributed by atoms with van der Waals surface area (Å²) >= 11 is 0. The van der Waals surface area contributed by atoms with Gasteiger partial charge in [-0.3, -0.25) is 16.3 Å². The van der Waals surface area contributed by atoms with Crippen molar-refractivity contribution in [3.05, 3.63) is 29.6 Å². The minimum absolute atomic E-state index is 0.219. The first kappa shape index (κ1) is 10.6. The van der Waals surface area contributed by atoms with Crippen LogP contribution in [0.5, 0.6) is 0 Å². The second-order valence-electron chi connectivity index (χ2n) is 4.46. The number of aryl methyl sites for hydroxylation is 1. The Balaban J connectivity index is 2.07. The van der Waals surface area contributed by atoms with Gasteiger partial charge in [-0.1, -0.05) is 25.3 Å². The summed E-state index contributed by atoms with van der Waals surface area (Å²) in [5, 5.41) is 0. The molecule has 1 aromatic heterocycles. The molecule has 0 radical (unpaired) electrons. The van der Waals surface area contributed by atoms with Crippen LogP contribution in [0, 0.1) is 12.8 Å². The Morgan fingerprint density at radius 2 is 2.40 bits per heavy atom. The molecule has 3 N–H and O–H groups in total. The monoisotopic (exact) mass is 205 g/mol. The summed E-state index contributed by atoms with van der Waals surface area (Å²) in [5.74, 6) is 6.45. The normalized spacial score (nSPS) is 18.5. The third kappa shape index (κ3) is 2.36. The summed E-state index contributed by atoms with van der Waals surface area (Å²) in [5.41, 5.74) is 5.22. The zero-order valence-corrected chi connectivity index (χ0v) is 9.24. The van der Waals surface area contributed by atoms with Gasteiger partial charge >= 0.3 is 0 Å². The van der Waals surface area contributed by atoms with Crippen LogP contribution in [0.25, 0.3) is 0 Å². The van der Waals surface area contributed by atoms with E-state index in [0.29, 0.717) is 0 Å². The van der Waals surface area contributed by atoms with Crippen molar-refractivity contribution in [2.75, 3.05) is 0 Å². The summed E-state index contributed by atoms with van der Waals surface area (Å²) in [6, 6.07) is 4.28. The number of pyridine rings is 1. The molecule has 0 aromatic carbocycles. The second kappa shape index (κ2) is 4.73. The van der Waals surface area contributed by atoms with Crippen molar-refractivity contribution in [3.63, 3.8) is 0 Å². The van der Waals surface area contributed by atoms with Crippen molar-refractivity contribution >= 4 is 0 Å². The summed E-state index contributed by atoms with van der Waals surface area (Å²) in [6.45, 7) is 2.09. The van der Waals surface area contributed by atoms with E-state index < -0.39 is 0 Å². The number of rotatable bonds is 4. The molecule has 1 heterocycles. The van der Waals surface area contributed by atoms with Crippen LogP contribution >= 0.6 is 0 Å². The van der Waals surface area contributed by atoms with Gasteiger partial charge in [-0.25, -0.2) is 0 Å². The SMILES string of the molecule is Cc1cccnc1C(CC1CCC1)NN. The molecule has 0 aliphatic heterocycles.